The summed E-state index contributed by atoms with van der Waals surface area (Å²) < 4.78 is 16.2. The number of ketones is 1. The standard InChI is InChI=1S/C28H29ClN2O7/c1-5-10-38-28(33)25-15(2)30-20-11-18(16-7-9-23(36-3)24(14-16)37-4)13-22(32)27(20)26(25)17-6-8-19(29)21(12-17)31(34)35/h6-9,12,14,18,26,30H,5,10-11,13H2,1-4H3/t18-,26-/m0/s1. The van der Waals surface area contributed by atoms with Crippen LogP contribution in [0.3, 0.4) is 0 Å². The van der Waals surface area contributed by atoms with Crippen molar-refractivity contribution in [3.05, 3.63) is 85.2 Å². The monoisotopic (exact) mass is 540 g/mol. The molecule has 0 bridgehead atoms. The lowest BCUT2D eigenvalue weighted by Gasteiger charge is -2.36. The summed E-state index contributed by atoms with van der Waals surface area (Å²) in [5.74, 6) is -0.541. The van der Waals surface area contributed by atoms with Gasteiger partial charge in [0.15, 0.2) is 17.3 Å². The molecule has 2 aromatic rings. The summed E-state index contributed by atoms with van der Waals surface area (Å²) in [7, 11) is 3.12. The van der Waals surface area contributed by atoms with E-state index in [1.54, 1.807) is 33.3 Å². The highest BCUT2D eigenvalue weighted by Crippen LogP contribution is 2.47. The first kappa shape index (κ1) is 27.2. The lowest BCUT2D eigenvalue weighted by atomic mass is 9.71. The van der Waals surface area contributed by atoms with E-state index >= 15 is 0 Å². The van der Waals surface area contributed by atoms with Crippen LogP contribution in [0.2, 0.25) is 5.02 Å². The maximum Gasteiger partial charge on any atom is 0.336 e. The Morgan fingerprint density at radius 1 is 1.11 bits per heavy atom. The zero-order valence-electron chi connectivity index (χ0n) is 21.6. The van der Waals surface area contributed by atoms with Gasteiger partial charge in [0.25, 0.3) is 5.69 Å². The van der Waals surface area contributed by atoms with Crippen LogP contribution >= 0.6 is 11.6 Å². The summed E-state index contributed by atoms with van der Waals surface area (Å²) in [4.78, 5) is 38.0. The second kappa shape index (κ2) is 11.3. The summed E-state index contributed by atoms with van der Waals surface area (Å²) in [5, 5.41) is 14.9. The molecule has 0 fully saturated rings. The molecule has 200 valence electrons. The first-order valence-electron chi connectivity index (χ1n) is 12.3. The SMILES string of the molecule is CCCOC(=O)C1=C(C)NC2=C(C(=O)C[C@@H](c3ccc(OC)c(OC)c3)C2)[C@H]1c1ccc(Cl)c([N+](=O)[O-])c1. The molecular formula is C28H29ClN2O7. The van der Waals surface area contributed by atoms with Crippen molar-refractivity contribution in [2.75, 3.05) is 20.8 Å². The molecule has 0 saturated heterocycles. The van der Waals surface area contributed by atoms with Crippen molar-refractivity contribution in [3.8, 4) is 11.5 Å². The number of Topliss-reactive ketones (excluding diaryl/α,β-unsaturated/α-hetero) is 1. The third kappa shape index (κ3) is 5.11. The van der Waals surface area contributed by atoms with Crippen molar-refractivity contribution >= 4 is 29.0 Å². The number of nitrogens with one attached hydrogen (secondary N) is 1. The Balaban J connectivity index is 1.81. The molecule has 2 atom stereocenters. The third-order valence-corrected chi connectivity index (χ3v) is 7.18. The number of halogens is 1. The van der Waals surface area contributed by atoms with Gasteiger partial charge >= 0.3 is 5.97 Å². The Labute approximate surface area is 225 Å². The van der Waals surface area contributed by atoms with Gasteiger partial charge in [-0.15, -0.1) is 0 Å². The van der Waals surface area contributed by atoms with Gasteiger partial charge in [0.05, 0.1) is 31.3 Å². The largest absolute Gasteiger partial charge is 0.493 e. The molecule has 0 saturated carbocycles. The number of benzene rings is 2. The van der Waals surface area contributed by atoms with Crippen LogP contribution in [0.5, 0.6) is 11.5 Å². The van der Waals surface area contributed by atoms with Gasteiger partial charge < -0.3 is 19.5 Å². The van der Waals surface area contributed by atoms with Crippen LogP contribution in [0.15, 0.2) is 58.9 Å². The van der Waals surface area contributed by atoms with E-state index in [9.17, 15) is 19.7 Å². The Morgan fingerprint density at radius 3 is 2.47 bits per heavy atom. The molecule has 1 N–H and O–H groups in total. The summed E-state index contributed by atoms with van der Waals surface area (Å²) in [5.41, 5.74) is 2.92. The van der Waals surface area contributed by atoms with E-state index in [-0.39, 0.29) is 41.0 Å². The molecule has 4 rings (SSSR count). The summed E-state index contributed by atoms with van der Waals surface area (Å²) in [6.45, 7) is 3.84. The molecule has 2 aliphatic rings. The van der Waals surface area contributed by atoms with E-state index in [4.69, 9.17) is 25.8 Å². The van der Waals surface area contributed by atoms with Crippen molar-refractivity contribution in [2.45, 2.75) is 44.9 Å². The summed E-state index contributed by atoms with van der Waals surface area (Å²) in [6, 6.07) is 9.94. The topological polar surface area (TPSA) is 117 Å². The number of rotatable bonds is 8. The lowest BCUT2D eigenvalue weighted by molar-refractivity contribution is -0.384. The Kier molecular flexibility index (Phi) is 8.06. The third-order valence-electron chi connectivity index (χ3n) is 6.86. The zero-order chi connectivity index (χ0) is 27.6. The second-order valence-electron chi connectivity index (χ2n) is 9.24. The average molecular weight is 541 g/mol. The molecule has 1 aliphatic carbocycles. The van der Waals surface area contributed by atoms with Crippen LogP contribution < -0.4 is 14.8 Å². The van der Waals surface area contributed by atoms with Crippen LogP contribution in [0.1, 0.15) is 56.1 Å². The van der Waals surface area contributed by atoms with Crippen LogP contribution in [0, 0.1) is 10.1 Å². The van der Waals surface area contributed by atoms with E-state index in [0.29, 0.717) is 46.9 Å². The number of methoxy groups -OCH3 is 2. The number of esters is 1. The van der Waals surface area contributed by atoms with E-state index in [1.807, 2.05) is 19.1 Å². The van der Waals surface area contributed by atoms with Crippen LogP contribution in [0.4, 0.5) is 5.69 Å². The summed E-state index contributed by atoms with van der Waals surface area (Å²) in [6.07, 6.45) is 1.32. The lowest BCUT2D eigenvalue weighted by Crippen LogP contribution is -2.36. The molecule has 0 aromatic heterocycles. The fraction of sp³-hybridized carbons (Fsp3) is 0.357. The predicted octanol–water partition coefficient (Wildman–Crippen LogP) is 5.58. The van der Waals surface area contributed by atoms with Crippen LogP contribution in [0.25, 0.3) is 0 Å². The molecule has 0 unspecified atom stereocenters. The van der Waals surface area contributed by atoms with Crippen molar-refractivity contribution in [2.24, 2.45) is 0 Å². The van der Waals surface area contributed by atoms with Crippen LogP contribution in [-0.4, -0.2) is 37.5 Å². The minimum absolute atomic E-state index is 0.0267. The van der Waals surface area contributed by atoms with Gasteiger partial charge in [-0.05, 0) is 55.0 Å². The van der Waals surface area contributed by atoms with Gasteiger partial charge in [-0.2, -0.15) is 0 Å². The van der Waals surface area contributed by atoms with Gasteiger partial charge in [0, 0.05) is 35.4 Å². The number of hydrogen-bond donors (Lipinski definition) is 1. The number of ether oxygens (including phenoxy) is 3. The predicted molar refractivity (Wildman–Crippen MR) is 141 cm³/mol. The molecule has 10 heteroatoms. The maximum atomic E-state index is 13.8. The number of carbonyl (C=O) groups is 2. The molecule has 38 heavy (non-hydrogen) atoms. The average Bonchev–Trinajstić information content (AvgIpc) is 2.90. The van der Waals surface area contributed by atoms with E-state index in [2.05, 4.69) is 5.32 Å². The number of allylic oxidation sites excluding steroid dienone is 3. The molecule has 0 radical (unpaired) electrons. The molecule has 2 aromatic carbocycles. The smallest absolute Gasteiger partial charge is 0.336 e. The van der Waals surface area contributed by atoms with E-state index in [0.717, 1.165) is 5.56 Å². The maximum absolute atomic E-state index is 13.8. The quantitative estimate of drug-likeness (QED) is 0.262. The number of nitrogens with zero attached hydrogens (tertiary/aromatic N) is 1. The highest BCUT2D eigenvalue weighted by Gasteiger charge is 2.42. The van der Waals surface area contributed by atoms with Crippen molar-refractivity contribution < 1.29 is 28.7 Å². The van der Waals surface area contributed by atoms with E-state index in [1.165, 1.54) is 12.1 Å². The van der Waals surface area contributed by atoms with Gasteiger partial charge in [0.1, 0.15) is 5.02 Å². The molecule has 1 aliphatic heterocycles. The van der Waals surface area contributed by atoms with Gasteiger partial charge in [-0.25, -0.2) is 4.79 Å². The highest BCUT2D eigenvalue weighted by atomic mass is 35.5. The molecular weight excluding hydrogens is 512 g/mol. The first-order valence-corrected chi connectivity index (χ1v) is 12.6. The summed E-state index contributed by atoms with van der Waals surface area (Å²) >= 11 is 6.07. The van der Waals surface area contributed by atoms with Crippen molar-refractivity contribution in [3.63, 3.8) is 0 Å². The molecule has 0 amide bonds. The Morgan fingerprint density at radius 2 is 1.82 bits per heavy atom. The molecule has 0 spiro atoms. The van der Waals surface area contributed by atoms with E-state index < -0.39 is 16.8 Å². The fourth-order valence-corrected chi connectivity index (χ4v) is 5.29. The minimum atomic E-state index is -0.828. The zero-order valence-corrected chi connectivity index (χ0v) is 22.4. The minimum Gasteiger partial charge on any atom is -0.493 e. The second-order valence-corrected chi connectivity index (χ2v) is 9.64. The first-order chi connectivity index (χ1) is 18.2. The van der Waals surface area contributed by atoms with Crippen molar-refractivity contribution in [1.29, 1.82) is 0 Å². The number of carbonyl (C=O) groups excluding carboxylic acids is 2. The highest BCUT2D eigenvalue weighted by molar-refractivity contribution is 6.32. The number of nitro groups is 1. The van der Waals surface area contributed by atoms with Crippen LogP contribution in [-0.2, 0) is 14.3 Å². The van der Waals surface area contributed by atoms with Gasteiger partial charge in [-0.3, -0.25) is 14.9 Å². The van der Waals surface area contributed by atoms with Crippen molar-refractivity contribution in [1.82, 2.24) is 5.32 Å². The number of nitro benzene ring substituents is 1. The number of hydrogen-bond acceptors (Lipinski definition) is 8. The molecule has 9 nitrogen and oxygen atoms in total. The fourth-order valence-electron chi connectivity index (χ4n) is 5.11. The Bertz CT molecular complexity index is 1360. The van der Waals surface area contributed by atoms with Gasteiger partial charge in [0.2, 0.25) is 0 Å². The van der Waals surface area contributed by atoms with Gasteiger partial charge in [-0.1, -0.05) is 30.7 Å². The number of dihydropyridines is 1. The molecule has 1 heterocycles. The normalized spacial score (nSPS) is 19.0. The Hall–Kier alpha value is -3.85.